The Kier molecular flexibility index (Phi) is 4.28. The number of nitrogens with zero attached hydrogens (tertiary/aromatic N) is 3. The Balaban J connectivity index is 3.30. The Bertz CT molecular complexity index is 527. The van der Waals surface area contributed by atoms with Gasteiger partial charge in [0.1, 0.15) is 6.42 Å². The number of hydrogen-bond donors (Lipinski definition) is 0. The van der Waals surface area contributed by atoms with Crippen LogP contribution in [-0.2, 0) is 6.42 Å². The normalized spacial score (nSPS) is 10.8. The molecule has 0 saturated carbocycles. The summed E-state index contributed by atoms with van der Waals surface area (Å²) in [5.74, 6) is -2.07. The van der Waals surface area contributed by atoms with Crippen molar-refractivity contribution >= 4 is 28.4 Å². The van der Waals surface area contributed by atoms with E-state index in [1.54, 1.807) is 28.7 Å². The molecule has 0 aromatic carbocycles. The quantitative estimate of drug-likeness (QED) is 0.462. The van der Waals surface area contributed by atoms with Crippen LogP contribution in [0, 0.1) is 25.0 Å². The lowest BCUT2D eigenvalue weighted by Gasteiger charge is -2.09. The smallest absolute Gasteiger partial charge is 0.397 e. The summed E-state index contributed by atoms with van der Waals surface area (Å²) in [4.78, 5) is 12.9. The molecule has 0 bridgehead atoms. The fraction of sp³-hybridized carbons (Fsp3) is 0.250. The zero-order valence-corrected chi connectivity index (χ0v) is 10.5. The lowest BCUT2D eigenvalue weighted by Crippen LogP contribution is -2.18. The van der Waals surface area contributed by atoms with E-state index in [9.17, 15) is 23.3 Å². The van der Waals surface area contributed by atoms with Gasteiger partial charge in [-0.3, -0.25) is 0 Å². The molecule has 1 aromatic rings. The molecule has 0 aliphatic heterocycles. The second-order valence-electron chi connectivity index (χ2n) is 2.88. The minimum atomic E-state index is -5.05. The van der Waals surface area contributed by atoms with Crippen molar-refractivity contribution in [1.29, 1.82) is 5.26 Å². The van der Waals surface area contributed by atoms with Crippen molar-refractivity contribution in [3.8, 4) is 11.8 Å². The summed E-state index contributed by atoms with van der Waals surface area (Å²) < 4.78 is 39.8. The van der Waals surface area contributed by atoms with Crippen LogP contribution in [0.5, 0.6) is 5.75 Å². The average molecular weight is 373 g/mol. The Morgan fingerprint density at radius 3 is 2.67 bits per heavy atom. The first-order valence-electron chi connectivity index (χ1n) is 4.21. The molecule has 0 unspecified atom stereocenters. The van der Waals surface area contributed by atoms with Crippen molar-refractivity contribution in [2.45, 2.75) is 12.8 Å². The molecule has 0 saturated heterocycles. The van der Waals surface area contributed by atoms with Gasteiger partial charge in [0.2, 0.25) is 5.75 Å². The van der Waals surface area contributed by atoms with E-state index in [-0.39, 0.29) is 15.7 Å². The predicted octanol–water partition coefficient (Wildman–Crippen LogP) is 2.56. The third-order valence-corrected chi connectivity index (χ3v) is 2.57. The molecule has 0 atom stereocenters. The molecular weight excluding hydrogens is 370 g/mol. The summed E-state index contributed by atoms with van der Waals surface area (Å²) in [5, 5.41) is 19.0. The minimum absolute atomic E-state index is 0.0272. The van der Waals surface area contributed by atoms with Gasteiger partial charge in [0.05, 0.1) is 9.64 Å². The van der Waals surface area contributed by atoms with Crippen LogP contribution < -0.4 is 4.74 Å². The number of aromatic nitrogens is 1. The molecule has 10 heteroatoms. The zero-order chi connectivity index (χ0) is 13.9. The van der Waals surface area contributed by atoms with Crippen LogP contribution in [0.4, 0.5) is 19.0 Å². The molecule has 0 radical (unpaired) electrons. The highest BCUT2D eigenvalue weighted by Gasteiger charge is 2.35. The van der Waals surface area contributed by atoms with Crippen molar-refractivity contribution in [1.82, 2.24) is 4.98 Å². The first-order valence-corrected chi connectivity index (χ1v) is 5.29. The fourth-order valence-corrected chi connectivity index (χ4v) is 1.62. The van der Waals surface area contributed by atoms with Crippen molar-refractivity contribution in [2.75, 3.05) is 0 Å². The van der Waals surface area contributed by atoms with Gasteiger partial charge in [0.25, 0.3) is 0 Å². The van der Waals surface area contributed by atoms with Gasteiger partial charge in [-0.2, -0.15) is 5.26 Å². The van der Waals surface area contributed by atoms with Crippen LogP contribution in [0.3, 0.4) is 0 Å². The van der Waals surface area contributed by atoms with E-state index in [2.05, 4.69) is 9.72 Å². The summed E-state index contributed by atoms with van der Waals surface area (Å²) in [5.41, 5.74) is 0.0272. The largest absolute Gasteiger partial charge is 0.573 e. The number of alkyl halides is 3. The van der Waals surface area contributed by atoms with E-state index < -0.39 is 22.9 Å². The molecule has 0 aliphatic carbocycles. The lowest BCUT2D eigenvalue weighted by molar-refractivity contribution is -0.393. The first kappa shape index (κ1) is 14.4. The highest BCUT2D eigenvalue weighted by molar-refractivity contribution is 14.1. The summed E-state index contributed by atoms with van der Waals surface area (Å²) >= 11 is 1.62. The molecule has 1 rings (SSSR count). The molecule has 18 heavy (non-hydrogen) atoms. The third kappa shape index (κ3) is 3.69. The number of halogens is 4. The van der Waals surface area contributed by atoms with Gasteiger partial charge in [-0.25, -0.2) is 0 Å². The first-order chi connectivity index (χ1) is 8.24. The van der Waals surface area contributed by atoms with Crippen LogP contribution in [0.15, 0.2) is 6.07 Å². The van der Waals surface area contributed by atoms with Gasteiger partial charge in [0, 0.05) is 6.07 Å². The molecule has 1 heterocycles. The summed E-state index contributed by atoms with van der Waals surface area (Å²) in [6.07, 6.45) is -5.29. The Hall–Kier alpha value is -1.64. The maximum Gasteiger partial charge on any atom is 0.573 e. The van der Waals surface area contributed by atoms with Crippen molar-refractivity contribution < 1.29 is 22.8 Å². The van der Waals surface area contributed by atoms with E-state index >= 15 is 0 Å². The van der Waals surface area contributed by atoms with Crippen molar-refractivity contribution in [2.24, 2.45) is 0 Å². The van der Waals surface area contributed by atoms with Crippen LogP contribution in [0.25, 0.3) is 0 Å². The zero-order valence-electron chi connectivity index (χ0n) is 8.36. The standard InChI is InChI=1S/C8H3F3IN3O3/c9-8(10,11)18-6-3-4(12)5(1-2-13)14-7(6)15(16)17/h3H,1H2. The Morgan fingerprint density at radius 1 is 1.61 bits per heavy atom. The SMILES string of the molecule is N#CCc1nc([N+](=O)[O-])c(OC(F)(F)F)cc1I. The van der Waals surface area contributed by atoms with Gasteiger partial charge in [-0.05, 0) is 32.5 Å². The highest BCUT2D eigenvalue weighted by atomic mass is 127. The number of ether oxygens (including phenoxy) is 1. The Labute approximate surface area is 112 Å². The van der Waals surface area contributed by atoms with Gasteiger partial charge in [0.15, 0.2) is 5.69 Å². The molecule has 0 aliphatic rings. The topological polar surface area (TPSA) is 89.0 Å². The summed E-state index contributed by atoms with van der Waals surface area (Å²) in [6.45, 7) is 0. The van der Waals surface area contributed by atoms with Crippen LogP contribution >= 0.6 is 22.6 Å². The van der Waals surface area contributed by atoms with Gasteiger partial charge in [-0.15, -0.1) is 13.2 Å². The van der Waals surface area contributed by atoms with E-state index in [0.717, 1.165) is 6.07 Å². The lowest BCUT2D eigenvalue weighted by atomic mass is 10.3. The average Bonchev–Trinajstić information content (AvgIpc) is 2.19. The number of rotatable bonds is 3. The third-order valence-electron chi connectivity index (χ3n) is 1.64. The van der Waals surface area contributed by atoms with Gasteiger partial charge < -0.3 is 14.9 Å². The maximum atomic E-state index is 12.0. The molecular formula is C8H3F3IN3O3. The summed E-state index contributed by atoms with van der Waals surface area (Å²) in [6, 6.07) is 2.53. The van der Waals surface area contributed by atoms with E-state index in [1.807, 2.05) is 0 Å². The summed E-state index contributed by atoms with van der Waals surface area (Å²) in [7, 11) is 0. The van der Waals surface area contributed by atoms with Crippen LogP contribution in [0.2, 0.25) is 0 Å². The molecule has 6 nitrogen and oxygen atoms in total. The molecule has 0 fully saturated rings. The number of pyridine rings is 1. The molecule has 0 amide bonds. The molecule has 0 N–H and O–H groups in total. The number of nitro groups is 1. The van der Waals surface area contributed by atoms with E-state index in [0.29, 0.717) is 0 Å². The second-order valence-corrected chi connectivity index (χ2v) is 4.04. The number of nitriles is 1. The Morgan fingerprint density at radius 2 is 2.22 bits per heavy atom. The maximum absolute atomic E-state index is 12.0. The van der Waals surface area contributed by atoms with Gasteiger partial charge >= 0.3 is 12.2 Å². The molecule has 1 aromatic heterocycles. The van der Waals surface area contributed by atoms with Gasteiger partial charge in [-0.1, -0.05) is 0 Å². The van der Waals surface area contributed by atoms with Crippen LogP contribution in [0.1, 0.15) is 5.69 Å². The van der Waals surface area contributed by atoms with Crippen molar-refractivity contribution in [3.05, 3.63) is 25.4 Å². The minimum Gasteiger partial charge on any atom is -0.397 e. The van der Waals surface area contributed by atoms with Crippen LogP contribution in [-0.4, -0.2) is 16.3 Å². The van der Waals surface area contributed by atoms with Crippen molar-refractivity contribution in [3.63, 3.8) is 0 Å². The monoisotopic (exact) mass is 373 g/mol. The molecule has 0 spiro atoms. The van der Waals surface area contributed by atoms with E-state index in [1.165, 1.54) is 0 Å². The highest BCUT2D eigenvalue weighted by Crippen LogP contribution is 2.32. The van der Waals surface area contributed by atoms with E-state index in [4.69, 9.17) is 5.26 Å². The fourth-order valence-electron chi connectivity index (χ4n) is 1.03. The predicted molar refractivity (Wildman–Crippen MR) is 59.6 cm³/mol. The number of hydrogen-bond acceptors (Lipinski definition) is 5. The molecule has 96 valence electrons. The second kappa shape index (κ2) is 5.34.